The van der Waals surface area contributed by atoms with Gasteiger partial charge in [0.15, 0.2) is 0 Å². The Hall–Kier alpha value is -2.02. The molecule has 19 heavy (non-hydrogen) atoms. The Balaban J connectivity index is 2.44. The third-order valence-electron chi connectivity index (χ3n) is 2.56. The van der Waals surface area contributed by atoms with E-state index in [9.17, 15) is 23.1 Å². The fourth-order valence-electron chi connectivity index (χ4n) is 1.59. The standard InChI is InChI=1S/C12H9F3O4/c1-18-11(17)10(16)9-4-6-2-3-7(12(13,14)15)5-8(6)19-9/h2-5,10,16H,1H3. The summed E-state index contributed by atoms with van der Waals surface area (Å²) in [5, 5.41) is 9.88. The van der Waals surface area contributed by atoms with Crippen LogP contribution in [0.1, 0.15) is 17.4 Å². The van der Waals surface area contributed by atoms with E-state index in [1.54, 1.807) is 0 Å². The summed E-state index contributed by atoms with van der Waals surface area (Å²) in [5.41, 5.74) is -0.929. The number of aliphatic hydroxyl groups excluding tert-OH is 1. The fourth-order valence-corrected chi connectivity index (χ4v) is 1.59. The molecule has 102 valence electrons. The van der Waals surface area contributed by atoms with Crippen LogP contribution in [0.5, 0.6) is 0 Å². The molecule has 0 aliphatic heterocycles. The van der Waals surface area contributed by atoms with Crippen LogP contribution < -0.4 is 0 Å². The number of carbonyl (C=O) groups excluding carboxylic acids is 1. The highest BCUT2D eigenvalue weighted by atomic mass is 19.4. The molecule has 7 heteroatoms. The number of rotatable bonds is 2. The van der Waals surface area contributed by atoms with Gasteiger partial charge in [0.2, 0.25) is 6.10 Å². The molecule has 2 aromatic rings. The first-order chi connectivity index (χ1) is 8.82. The maximum absolute atomic E-state index is 12.5. The number of benzene rings is 1. The zero-order valence-corrected chi connectivity index (χ0v) is 9.69. The largest absolute Gasteiger partial charge is 0.467 e. The Morgan fingerprint density at radius 1 is 1.37 bits per heavy atom. The number of furan rings is 1. The van der Waals surface area contributed by atoms with Crippen LogP contribution in [0.3, 0.4) is 0 Å². The quantitative estimate of drug-likeness (QED) is 0.855. The molecule has 1 unspecified atom stereocenters. The molecule has 0 fully saturated rings. The summed E-state index contributed by atoms with van der Waals surface area (Å²) in [6, 6.07) is 4.20. The van der Waals surface area contributed by atoms with Gasteiger partial charge in [0, 0.05) is 5.39 Å². The second kappa shape index (κ2) is 4.58. The zero-order chi connectivity index (χ0) is 14.2. The van der Waals surface area contributed by atoms with Crippen molar-refractivity contribution < 1.29 is 32.2 Å². The lowest BCUT2D eigenvalue weighted by atomic mass is 10.1. The molecule has 0 aliphatic rings. The van der Waals surface area contributed by atoms with E-state index in [1.165, 1.54) is 12.1 Å². The van der Waals surface area contributed by atoms with Gasteiger partial charge in [0.1, 0.15) is 11.3 Å². The summed E-state index contributed by atoms with van der Waals surface area (Å²) in [7, 11) is 1.08. The van der Waals surface area contributed by atoms with Crippen molar-refractivity contribution in [2.75, 3.05) is 7.11 Å². The number of alkyl halides is 3. The maximum atomic E-state index is 12.5. The SMILES string of the molecule is COC(=O)C(O)c1cc2ccc(C(F)(F)F)cc2o1. The van der Waals surface area contributed by atoms with Crippen molar-refractivity contribution in [1.82, 2.24) is 0 Å². The van der Waals surface area contributed by atoms with Crippen molar-refractivity contribution in [3.05, 3.63) is 35.6 Å². The van der Waals surface area contributed by atoms with Gasteiger partial charge in [0.05, 0.1) is 12.7 Å². The number of carbonyl (C=O) groups is 1. The van der Waals surface area contributed by atoms with Gasteiger partial charge in [0.25, 0.3) is 0 Å². The average Bonchev–Trinajstić information content (AvgIpc) is 2.78. The number of esters is 1. The second-order valence-electron chi connectivity index (χ2n) is 3.82. The van der Waals surface area contributed by atoms with E-state index in [4.69, 9.17) is 4.42 Å². The number of methoxy groups -OCH3 is 1. The molecule has 1 aromatic heterocycles. The highest BCUT2D eigenvalue weighted by Gasteiger charge is 2.31. The molecule has 0 aliphatic carbocycles. The van der Waals surface area contributed by atoms with Gasteiger partial charge in [-0.05, 0) is 18.2 Å². The second-order valence-corrected chi connectivity index (χ2v) is 3.82. The van der Waals surface area contributed by atoms with Crippen molar-refractivity contribution in [3.63, 3.8) is 0 Å². The molecule has 1 N–H and O–H groups in total. The average molecular weight is 274 g/mol. The van der Waals surface area contributed by atoms with Gasteiger partial charge in [-0.25, -0.2) is 4.79 Å². The first-order valence-corrected chi connectivity index (χ1v) is 5.19. The number of hydrogen-bond acceptors (Lipinski definition) is 4. The van der Waals surface area contributed by atoms with Crippen LogP contribution >= 0.6 is 0 Å². The van der Waals surface area contributed by atoms with Crippen molar-refractivity contribution in [2.45, 2.75) is 12.3 Å². The molecule has 0 spiro atoms. The Morgan fingerprint density at radius 3 is 2.63 bits per heavy atom. The molecule has 0 radical (unpaired) electrons. The molecule has 1 heterocycles. The number of ether oxygens (including phenoxy) is 1. The molecule has 0 saturated carbocycles. The zero-order valence-electron chi connectivity index (χ0n) is 9.69. The minimum Gasteiger partial charge on any atom is -0.467 e. The van der Waals surface area contributed by atoms with Gasteiger partial charge in [-0.15, -0.1) is 0 Å². The normalized spacial score (nSPS) is 13.5. The minimum atomic E-state index is -4.48. The third kappa shape index (κ3) is 2.55. The van der Waals surface area contributed by atoms with Gasteiger partial charge in [-0.2, -0.15) is 13.2 Å². The van der Waals surface area contributed by atoms with Gasteiger partial charge in [-0.1, -0.05) is 6.07 Å². The molecule has 1 aromatic carbocycles. The van der Waals surface area contributed by atoms with E-state index in [1.807, 2.05) is 0 Å². The molecular formula is C12H9F3O4. The summed E-state index contributed by atoms with van der Waals surface area (Å²) in [6.07, 6.45) is -6.14. The smallest absolute Gasteiger partial charge is 0.416 e. The molecule has 2 rings (SSSR count). The van der Waals surface area contributed by atoms with E-state index in [0.29, 0.717) is 5.39 Å². The molecular weight excluding hydrogens is 265 g/mol. The molecule has 4 nitrogen and oxygen atoms in total. The van der Waals surface area contributed by atoms with Gasteiger partial charge < -0.3 is 14.3 Å². The lowest BCUT2D eigenvalue weighted by Gasteiger charge is -2.05. The summed E-state index contributed by atoms with van der Waals surface area (Å²) in [5.74, 6) is -1.11. The van der Waals surface area contributed by atoms with Gasteiger partial charge in [-0.3, -0.25) is 0 Å². The number of fused-ring (bicyclic) bond motifs is 1. The monoisotopic (exact) mass is 274 g/mol. The molecule has 0 bridgehead atoms. The Kier molecular flexibility index (Phi) is 3.23. The van der Waals surface area contributed by atoms with E-state index < -0.39 is 23.8 Å². The summed E-state index contributed by atoms with van der Waals surface area (Å²) in [4.78, 5) is 11.1. The van der Waals surface area contributed by atoms with Crippen LogP contribution in [0.25, 0.3) is 11.0 Å². The predicted molar refractivity (Wildman–Crippen MR) is 58.2 cm³/mol. The van der Waals surface area contributed by atoms with Crippen LogP contribution in [-0.4, -0.2) is 18.2 Å². The topological polar surface area (TPSA) is 59.7 Å². The van der Waals surface area contributed by atoms with E-state index in [-0.39, 0.29) is 11.3 Å². The van der Waals surface area contributed by atoms with Crippen LogP contribution in [0.2, 0.25) is 0 Å². The highest BCUT2D eigenvalue weighted by Crippen LogP contribution is 2.33. The van der Waals surface area contributed by atoms with E-state index in [2.05, 4.69) is 4.74 Å². The third-order valence-corrected chi connectivity index (χ3v) is 2.56. The maximum Gasteiger partial charge on any atom is 0.416 e. The van der Waals surface area contributed by atoms with Crippen molar-refractivity contribution in [2.24, 2.45) is 0 Å². The Morgan fingerprint density at radius 2 is 2.05 bits per heavy atom. The lowest BCUT2D eigenvalue weighted by Crippen LogP contribution is -2.12. The van der Waals surface area contributed by atoms with Crippen LogP contribution in [0.4, 0.5) is 13.2 Å². The first-order valence-electron chi connectivity index (χ1n) is 5.19. The number of hydrogen-bond donors (Lipinski definition) is 1. The summed E-state index contributed by atoms with van der Waals surface area (Å²) >= 11 is 0. The molecule has 1 atom stereocenters. The summed E-state index contributed by atoms with van der Waals surface area (Å²) in [6.45, 7) is 0. The minimum absolute atomic E-state index is 0.0622. The Bertz CT molecular complexity index is 615. The van der Waals surface area contributed by atoms with Crippen LogP contribution in [0, 0.1) is 0 Å². The van der Waals surface area contributed by atoms with Crippen molar-refractivity contribution in [1.29, 1.82) is 0 Å². The highest BCUT2D eigenvalue weighted by molar-refractivity contribution is 5.82. The fraction of sp³-hybridized carbons (Fsp3) is 0.250. The van der Waals surface area contributed by atoms with E-state index >= 15 is 0 Å². The number of halogens is 3. The van der Waals surface area contributed by atoms with E-state index in [0.717, 1.165) is 19.2 Å². The predicted octanol–water partition coefficient (Wildman–Crippen LogP) is 2.66. The first kappa shape index (κ1) is 13.4. The van der Waals surface area contributed by atoms with Crippen molar-refractivity contribution in [3.8, 4) is 0 Å². The van der Waals surface area contributed by atoms with Crippen LogP contribution in [-0.2, 0) is 15.7 Å². The molecule has 0 amide bonds. The molecule has 0 saturated heterocycles. The van der Waals surface area contributed by atoms with Gasteiger partial charge >= 0.3 is 12.1 Å². The van der Waals surface area contributed by atoms with Crippen molar-refractivity contribution >= 4 is 16.9 Å². The summed E-state index contributed by atoms with van der Waals surface area (Å²) < 4.78 is 46.8. The number of aliphatic hydroxyl groups is 1. The lowest BCUT2D eigenvalue weighted by molar-refractivity contribution is -0.151. The Labute approximate surface area is 105 Å². The van der Waals surface area contributed by atoms with Crippen LogP contribution in [0.15, 0.2) is 28.7 Å².